The third-order valence-corrected chi connectivity index (χ3v) is 8.54. The van der Waals surface area contributed by atoms with Gasteiger partial charge in [-0.05, 0) is 74.9 Å². The molecule has 1 atom stereocenters. The first-order valence-corrected chi connectivity index (χ1v) is 13.6. The topological polar surface area (TPSA) is 79.4 Å². The summed E-state index contributed by atoms with van der Waals surface area (Å²) in [4.78, 5) is 45.4. The zero-order valence-corrected chi connectivity index (χ0v) is 22.6. The number of amides is 3. The molecule has 5 rings (SSSR count). The molecule has 3 amide bonds. The van der Waals surface area contributed by atoms with Crippen LogP contribution in [-0.4, -0.2) is 68.3 Å². The van der Waals surface area contributed by atoms with E-state index in [-0.39, 0.29) is 35.8 Å². The van der Waals surface area contributed by atoms with Crippen LogP contribution in [0.4, 0.5) is 20.6 Å². The van der Waals surface area contributed by atoms with Gasteiger partial charge in [-0.3, -0.25) is 14.5 Å². The van der Waals surface area contributed by atoms with Crippen molar-refractivity contribution in [3.63, 3.8) is 0 Å². The summed E-state index contributed by atoms with van der Waals surface area (Å²) >= 11 is 0. The van der Waals surface area contributed by atoms with Gasteiger partial charge in [0.05, 0.1) is 18.1 Å². The van der Waals surface area contributed by atoms with Gasteiger partial charge in [0, 0.05) is 50.6 Å². The van der Waals surface area contributed by atoms with Gasteiger partial charge in [-0.25, -0.2) is 9.18 Å². The average molecular weight is 538 g/mol. The molecule has 1 saturated carbocycles. The van der Waals surface area contributed by atoms with Gasteiger partial charge in [-0.15, -0.1) is 0 Å². The Labute approximate surface area is 228 Å². The molecule has 39 heavy (non-hydrogen) atoms. The molecule has 3 aliphatic rings. The van der Waals surface area contributed by atoms with Crippen molar-refractivity contribution in [2.75, 3.05) is 43.7 Å². The van der Waals surface area contributed by atoms with E-state index in [1.165, 1.54) is 24.1 Å². The number of urea groups is 1. The number of ether oxygens (including phenoxy) is 2. The smallest absolute Gasteiger partial charge is 0.324 e. The van der Waals surface area contributed by atoms with Crippen molar-refractivity contribution in [2.45, 2.75) is 56.6 Å². The second-order valence-corrected chi connectivity index (χ2v) is 11.0. The van der Waals surface area contributed by atoms with Crippen LogP contribution in [-0.2, 0) is 19.1 Å². The molecular weight excluding hydrogens is 501 g/mol. The number of esters is 1. The maximum Gasteiger partial charge on any atom is 0.324 e. The van der Waals surface area contributed by atoms with Crippen LogP contribution in [0.25, 0.3) is 0 Å². The molecule has 0 aromatic heterocycles. The fourth-order valence-electron chi connectivity index (χ4n) is 6.01. The number of nitrogens with zero attached hydrogens (tertiary/aromatic N) is 3. The number of benzene rings is 2. The van der Waals surface area contributed by atoms with Crippen molar-refractivity contribution in [3.05, 3.63) is 60.4 Å². The fraction of sp³-hybridized carbons (Fsp3) is 0.500. The first-order chi connectivity index (χ1) is 18.8. The van der Waals surface area contributed by atoms with Crippen LogP contribution < -0.4 is 9.80 Å². The molecule has 2 aliphatic heterocycles. The lowest BCUT2D eigenvalue weighted by Crippen LogP contribution is -2.53. The summed E-state index contributed by atoms with van der Waals surface area (Å²) in [6.45, 7) is 1.22. The molecule has 0 radical (unpaired) electrons. The summed E-state index contributed by atoms with van der Waals surface area (Å²) in [6, 6.07) is 15.1. The van der Waals surface area contributed by atoms with Crippen LogP contribution in [0.2, 0.25) is 0 Å². The Hall–Kier alpha value is -3.46. The first kappa shape index (κ1) is 27.1. The highest BCUT2D eigenvalue weighted by molar-refractivity contribution is 5.97. The van der Waals surface area contributed by atoms with Crippen LogP contribution in [0.1, 0.15) is 44.9 Å². The molecule has 9 heteroatoms. The second kappa shape index (κ2) is 11.0. The van der Waals surface area contributed by atoms with Gasteiger partial charge in [-0.2, -0.15) is 0 Å². The number of carbonyl (C=O) groups is 3. The average Bonchev–Trinajstić information content (AvgIpc) is 3.71. The molecule has 1 spiro atoms. The SMILES string of the molecule is COC(=O)C1(CC(=O)N(c2ccccc2)[C@@H]2CCOC3(CC3)C2)CCN(C(=O)N(C)c2ccc(F)cc2)CC1. The molecule has 2 aromatic rings. The summed E-state index contributed by atoms with van der Waals surface area (Å²) in [6.07, 6.45) is 4.20. The lowest BCUT2D eigenvalue weighted by molar-refractivity contribution is -0.158. The number of anilines is 2. The number of hydrogen-bond donors (Lipinski definition) is 0. The van der Waals surface area contributed by atoms with E-state index in [0.717, 1.165) is 31.4 Å². The lowest BCUT2D eigenvalue weighted by Gasteiger charge is -2.43. The molecule has 0 bridgehead atoms. The third-order valence-electron chi connectivity index (χ3n) is 8.54. The normalized spacial score (nSPS) is 21.2. The van der Waals surface area contributed by atoms with E-state index in [4.69, 9.17) is 9.47 Å². The first-order valence-electron chi connectivity index (χ1n) is 13.6. The molecule has 208 valence electrons. The molecule has 8 nitrogen and oxygen atoms in total. The van der Waals surface area contributed by atoms with Crippen LogP contribution in [0.3, 0.4) is 0 Å². The van der Waals surface area contributed by atoms with Gasteiger partial charge in [0.15, 0.2) is 0 Å². The molecule has 2 saturated heterocycles. The van der Waals surface area contributed by atoms with Crippen LogP contribution in [0.15, 0.2) is 54.6 Å². The van der Waals surface area contributed by atoms with Crippen LogP contribution >= 0.6 is 0 Å². The van der Waals surface area contributed by atoms with Gasteiger partial charge >= 0.3 is 12.0 Å². The quantitative estimate of drug-likeness (QED) is 0.496. The summed E-state index contributed by atoms with van der Waals surface area (Å²) in [5.74, 6) is -0.909. The van der Waals surface area contributed by atoms with E-state index in [0.29, 0.717) is 38.2 Å². The monoisotopic (exact) mass is 537 g/mol. The highest BCUT2D eigenvalue weighted by Gasteiger charge is 2.51. The Balaban J connectivity index is 1.32. The number of carbonyl (C=O) groups excluding carboxylic acids is 3. The van der Waals surface area contributed by atoms with E-state index >= 15 is 0 Å². The van der Waals surface area contributed by atoms with Crippen LogP contribution in [0, 0.1) is 11.2 Å². The molecule has 0 N–H and O–H groups in total. The largest absolute Gasteiger partial charge is 0.469 e. The minimum absolute atomic E-state index is 0.00290. The summed E-state index contributed by atoms with van der Waals surface area (Å²) < 4.78 is 24.6. The van der Waals surface area contributed by atoms with E-state index in [1.54, 1.807) is 24.1 Å². The van der Waals surface area contributed by atoms with E-state index in [2.05, 4.69) is 0 Å². The Kier molecular flexibility index (Phi) is 7.62. The second-order valence-electron chi connectivity index (χ2n) is 11.0. The van der Waals surface area contributed by atoms with E-state index in [9.17, 15) is 18.8 Å². The van der Waals surface area contributed by atoms with Crippen LogP contribution in [0.5, 0.6) is 0 Å². The predicted molar refractivity (Wildman–Crippen MR) is 145 cm³/mol. The minimum atomic E-state index is -1.02. The number of para-hydroxylation sites is 1. The molecule has 1 aliphatic carbocycles. The maximum atomic E-state index is 14.1. The van der Waals surface area contributed by atoms with Crippen molar-refractivity contribution in [3.8, 4) is 0 Å². The zero-order valence-electron chi connectivity index (χ0n) is 22.6. The molecule has 3 fully saturated rings. The number of piperidine rings is 1. The van der Waals surface area contributed by atoms with Crippen molar-refractivity contribution < 1.29 is 28.2 Å². The Bertz CT molecular complexity index is 1190. The maximum absolute atomic E-state index is 14.1. The number of methoxy groups -OCH3 is 1. The third kappa shape index (κ3) is 5.64. The number of halogens is 1. The summed E-state index contributed by atoms with van der Waals surface area (Å²) in [5, 5.41) is 0. The number of likely N-dealkylation sites (tertiary alicyclic amines) is 1. The highest BCUT2D eigenvalue weighted by atomic mass is 19.1. The molecular formula is C30H36FN3O5. The van der Waals surface area contributed by atoms with E-state index in [1.807, 2.05) is 35.2 Å². The molecule has 2 heterocycles. The predicted octanol–water partition coefficient (Wildman–Crippen LogP) is 4.77. The Morgan fingerprint density at radius 2 is 1.67 bits per heavy atom. The number of rotatable bonds is 6. The van der Waals surface area contributed by atoms with Crippen molar-refractivity contribution in [1.29, 1.82) is 0 Å². The van der Waals surface area contributed by atoms with Crippen molar-refractivity contribution in [2.24, 2.45) is 5.41 Å². The Morgan fingerprint density at radius 1 is 1.00 bits per heavy atom. The standard InChI is InChI=1S/C30H36FN3O5/c1-32(23-10-8-22(31)9-11-23)28(37)33-17-15-29(16-18-33,27(36)38-2)21-26(35)34(24-6-4-3-5-7-24)25-12-19-39-30(20-25)13-14-30/h3-11,25H,12-21H2,1-2H3/t25-/m1/s1. The summed E-state index contributed by atoms with van der Waals surface area (Å²) in [7, 11) is 2.98. The van der Waals surface area contributed by atoms with Crippen molar-refractivity contribution in [1.82, 2.24) is 4.90 Å². The minimum Gasteiger partial charge on any atom is -0.469 e. The van der Waals surface area contributed by atoms with Gasteiger partial charge in [-0.1, -0.05) is 18.2 Å². The van der Waals surface area contributed by atoms with Gasteiger partial charge in [0.2, 0.25) is 5.91 Å². The fourth-order valence-corrected chi connectivity index (χ4v) is 6.01. The van der Waals surface area contributed by atoms with E-state index < -0.39 is 11.4 Å². The highest BCUT2D eigenvalue weighted by Crippen LogP contribution is 2.48. The summed E-state index contributed by atoms with van der Waals surface area (Å²) in [5.41, 5.74) is 0.258. The van der Waals surface area contributed by atoms with Gasteiger partial charge in [0.1, 0.15) is 5.82 Å². The Morgan fingerprint density at radius 3 is 2.28 bits per heavy atom. The lowest BCUT2D eigenvalue weighted by atomic mass is 9.75. The number of hydrogen-bond acceptors (Lipinski definition) is 5. The molecule has 0 unspecified atom stereocenters. The zero-order chi connectivity index (χ0) is 27.6. The van der Waals surface area contributed by atoms with Crippen molar-refractivity contribution >= 4 is 29.3 Å². The van der Waals surface area contributed by atoms with Gasteiger partial charge in [0.25, 0.3) is 0 Å². The van der Waals surface area contributed by atoms with Gasteiger partial charge < -0.3 is 19.3 Å². The molecule has 2 aromatic carbocycles.